The van der Waals surface area contributed by atoms with Crippen LogP contribution in [0.4, 0.5) is 0 Å². The molecule has 106 valence electrons. The lowest BCUT2D eigenvalue weighted by Crippen LogP contribution is -2.05. The van der Waals surface area contributed by atoms with Gasteiger partial charge in [-0.1, -0.05) is 29.3 Å². The maximum atomic E-state index is 12.1. The molecule has 0 atom stereocenters. The first-order valence-electron chi connectivity index (χ1n) is 5.30. The Morgan fingerprint density at radius 2 is 1.75 bits per heavy atom. The molecule has 2 aromatic rings. The molecule has 0 aliphatic heterocycles. The summed E-state index contributed by atoms with van der Waals surface area (Å²) in [6.45, 7) is 0. The Labute approximate surface area is 124 Å². The minimum Gasteiger partial charge on any atom is -0.475 e. The van der Waals surface area contributed by atoms with Crippen molar-refractivity contribution >= 4 is 39.0 Å². The highest BCUT2D eigenvalue weighted by molar-refractivity contribution is 7.90. The first kappa shape index (κ1) is 14.9. The Kier molecular flexibility index (Phi) is 4.08. The van der Waals surface area contributed by atoms with Crippen LogP contribution in [0, 0.1) is 0 Å². The number of furan rings is 1. The molecule has 1 N–H and O–H groups in total. The van der Waals surface area contributed by atoms with Crippen molar-refractivity contribution in [2.45, 2.75) is 10.8 Å². The molecular weight excluding hydrogens is 327 g/mol. The maximum absolute atomic E-state index is 12.1. The molecular formula is C12H8Cl2O5S. The first-order chi connectivity index (χ1) is 9.31. The number of carboxylic acids is 1. The molecule has 5 nitrogen and oxygen atoms in total. The number of carboxylic acid groups (broad SMARTS) is 1. The van der Waals surface area contributed by atoms with Crippen LogP contribution in [0.5, 0.6) is 0 Å². The fourth-order valence-corrected chi connectivity index (χ4v) is 3.55. The molecule has 0 unspecified atom stereocenters. The highest BCUT2D eigenvalue weighted by atomic mass is 35.5. The summed E-state index contributed by atoms with van der Waals surface area (Å²) in [6, 6.07) is 6.79. The van der Waals surface area contributed by atoms with Gasteiger partial charge in [-0.3, -0.25) is 0 Å². The molecule has 1 aromatic carbocycles. The van der Waals surface area contributed by atoms with Gasteiger partial charge in [0.1, 0.15) is 0 Å². The maximum Gasteiger partial charge on any atom is 0.371 e. The van der Waals surface area contributed by atoms with Crippen molar-refractivity contribution in [3.63, 3.8) is 0 Å². The molecule has 1 heterocycles. The molecule has 0 amide bonds. The third kappa shape index (κ3) is 2.98. The van der Waals surface area contributed by atoms with E-state index in [9.17, 15) is 13.2 Å². The predicted octanol–water partition coefficient (Wildman–Crippen LogP) is 3.26. The number of benzene rings is 1. The first-order valence-corrected chi connectivity index (χ1v) is 7.71. The Morgan fingerprint density at radius 3 is 2.25 bits per heavy atom. The number of hydrogen-bond donors (Lipinski definition) is 1. The van der Waals surface area contributed by atoms with Crippen molar-refractivity contribution in [3.8, 4) is 0 Å². The van der Waals surface area contributed by atoms with Crippen LogP contribution in [0.15, 0.2) is 39.8 Å². The largest absolute Gasteiger partial charge is 0.475 e. The Hall–Kier alpha value is -1.50. The van der Waals surface area contributed by atoms with Gasteiger partial charge < -0.3 is 9.52 Å². The van der Waals surface area contributed by atoms with Gasteiger partial charge in [-0.15, -0.1) is 0 Å². The zero-order valence-corrected chi connectivity index (χ0v) is 12.2. The monoisotopic (exact) mass is 334 g/mol. The van der Waals surface area contributed by atoms with Crippen LogP contribution in [-0.2, 0) is 15.6 Å². The minimum absolute atomic E-state index is 0.214. The summed E-state index contributed by atoms with van der Waals surface area (Å²) < 4.78 is 29.1. The highest BCUT2D eigenvalue weighted by Crippen LogP contribution is 2.29. The normalized spacial score (nSPS) is 11.5. The van der Waals surface area contributed by atoms with E-state index in [1.165, 1.54) is 12.1 Å². The average Bonchev–Trinajstić information content (AvgIpc) is 2.84. The number of halogens is 2. The second kappa shape index (κ2) is 5.47. The quantitative estimate of drug-likeness (QED) is 0.927. The smallest absolute Gasteiger partial charge is 0.371 e. The van der Waals surface area contributed by atoms with Crippen LogP contribution < -0.4 is 0 Å². The molecule has 1 aromatic heterocycles. The Morgan fingerprint density at radius 1 is 1.15 bits per heavy atom. The number of hydrogen-bond acceptors (Lipinski definition) is 4. The van der Waals surface area contributed by atoms with Crippen molar-refractivity contribution < 1.29 is 22.7 Å². The standard InChI is InChI=1S/C12H8Cl2O5S/c13-8-2-1-3-9(14)7(8)6-20(17,18)11-5-4-10(19-11)12(15)16/h1-5H,6H2,(H,15,16). The van der Waals surface area contributed by atoms with Crippen LogP contribution in [0.2, 0.25) is 10.0 Å². The number of sulfone groups is 1. The minimum atomic E-state index is -3.87. The van der Waals surface area contributed by atoms with E-state index in [2.05, 4.69) is 0 Å². The lowest BCUT2D eigenvalue weighted by molar-refractivity contribution is 0.0656. The van der Waals surface area contributed by atoms with Gasteiger partial charge in [0, 0.05) is 15.6 Å². The van der Waals surface area contributed by atoms with E-state index < -0.39 is 32.4 Å². The molecule has 0 aliphatic carbocycles. The summed E-state index contributed by atoms with van der Waals surface area (Å²) in [5, 5.41) is 8.70. The lowest BCUT2D eigenvalue weighted by atomic mass is 10.2. The topological polar surface area (TPSA) is 84.6 Å². The van der Waals surface area contributed by atoms with Gasteiger partial charge in [0.05, 0.1) is 5.75 Å². The highest BCUT2D eigenvalue weighted by Gasteiger charge is 2.23. The second-order valence-electron chi connectivity index (χ2n) is 3.88. The summed E-state index contributed by atoms with van der Waals surface area (Å²) in [6.07, 6.45) is 0. The van der Waals surface area contributed by atoms with Crippen molar-refractivity contribution in [2.75, 3.05) is 0 Å². The summed E-state index contributed by atoms with van der Waals surface area (Å²) in [5.74, 6) is -2.27. The molecule has 2 rings (SSSR count). The number of aromatic carboxylic acids is 1. The molecule has 0 spiro atoms. The van der Waals surface area contributed by atoms with Crippen LogP contribution >= 0.6 is 23.2 Å². The Balaban J connectivity index is 2.38. The van der Waals surface area contributed by atoms with Crippen LogP contribution in [0.3, 0.4) is 0 Å². The van der Waals surface area contributed by atoms with Crippen molar-refractivity contribution in [2.24, 2.45) is 0 Å². The Bertz CT molecular complexity index is 744. The third-order valence-corrected chi connectivity index (χ3v) is 4.70. The van der Waals surface area contributed by atoms with E-state index in [-0.39, 0.29) is 15.6 Å². The van der Waals surface area contributed by atoms with E-state index in [0.29, 0.717) is 0 Å². The van der Waals surface area contributed by atoms with Crippen molar-refractivity contribution in [1.82, 2.24) is 0 Å². The summed E-state index contributed by atoms with van der Waals surface area (Å²) >= 11 is 11.8. The van der Waals surface area contributed by atoms with E-state index in [1.807, 2.05) is 0 Å². The molecule has 0 saturated carbocycles. The molecule has 20 heavy (non-hydrogen) atoms. The zero-order chi connectivity index (χ0) is 14.9. The molecule has 8 heteroatoms. The van der Waals surface area contributed by atoms with Crippen LogP contribution in [-0.4, -0.2) is 19.5 Å². The van der Waals surface area contributed by atoms with Crippen LogP contribution in [0.1, 0.15) is 16.1 Å². The molecule has 0 aliphatic rings. The zero-order valence-electron chi connectivity index (χ0n) is 9.84. The summed E-state index contributed by atoms with van der Waals surface area (Å²) in [5.41, 5.74) is 0.240. The van der Waals surface area contributed by atoms with Gasteiger partial charge in [-0.2, -0.15) is 0 Å². The molecule has 0 saturated heterocycles. The number of rotatable bonds is 4. The SMILES string of the molecule is O=C(O)c1ccc(S(=O)(=O)Cc2c(Cl)cccc2Cl)o1. The van der Waals surface area contributed by atoms with Gasteiger partial charge >= 0.3 is 5.97 Å². The predicted molar refractivity (Wildman–Crippen MR) is 73.0 cm³/mol. The summed E-state index contributed by atoms with van der Waals surface area (Å²) in [7, 11) is -3.87. The van der Waals surface area contributed by atoms with Crippen LogP contribution in [0.25, 0.3) is 0 Å². The summed E-state index contributed by atoms with van der Waals surface area (Å²) in [4.78, 5) is 10.7. The number of carbonyl (C=O) groups is 1. The van der Waals surface area contributed by atoms with Crippen molar-refractivity contribution in [1.29, 1.82) is 0 Å². The molecule has 0 fully saturated rings. The van der Waals surface area contributed by atoms with E-state index in [0.717, 1.165) is 12.1 Å². The van der Waals surface area contributed by atoms with E-state index in [4.69, 9.17) is 32.7 Å². The fraction of sp³-hybridized carbons (Fsp3) is 0.0833. The second-order valence-corrected chi connectivity index (χ2v) is 6.62. The van der Waals surface area contributed by atoms with E-state index >= 15 is 0 Å². The molecule has 0 radical (unpaired) electrons. The molecule has 0 bridgehead atoms. The van der Waals surface area contributed by atoms with Gasteiger partial charge in [-0.25, -0.2) is 13.2 Å². The van der Waals surface area contributed by atoms with Crippen molar-refractivity contribution in [3.05, 3.63) is 51.7 Å². The van der Waals surface area contributed by atoms with Gasteiger partial charge in [0.15, 0.2) is 0 Å². The third-order valence-electron chi connectivity index (χ3n) is 2.49. The fourth-order valence-electron chi connectivity index (χ4n) is 1.53. The average molecular weight is 335 g/mol. The van der Waals surface area contributed by atoms with Gasteiger partial charge in [0.25, 0.3) is 0 Å². The van der Waals surface area contributed by atoms with Gasteiger partial charge in [-0.05, 0) is 24.3 Å². The van der Waals surface area contributed by atoms with Gasteiger partial charge in [0.2, 0.25) is 20.7 Å². The van der Waals surface area contributed by atoms with E-state index in [1.54, 1.807) is 6.07 Å². The lowest BCUT2D eigenvalue weighted by Gasteiger charge is -2.06.